The van der Waals surface area contributed by atoms with Crippen molar-refractivity contribution in [1.82, 2.24) is 14.9 Å². The molecule has 2 N–H and O–H groups in total. The van der Waals surface area contributed by atoms with E-state index in [2.05, 4.69) is 30.8 Å². The van der Waals surface area contributed by atoms with Crippen LogP contribution in [0.4, 0.5) is 4.39 Å². The zero-order valence-electron chi connectivity index (χ0n) is 14.1. The van der Waals surface area contributed by atoms with Crippen LogP contribution >= 0.6 is 28.1 Å². The molecule has 1 amide bonds. The summed E-state index contributed by atoms with van der Waals surface area (Å²) in [5, 5.41) is 3.08. The largest absolute Gasteiger partial charge is 0.353 e. The predicted molar refractivity (Wildman–Crippen MR) is 102 cm³/mol. The maximum absolute atomic E-state index is 14.5. The summed E-state index contributed by atoms with van der Waals surface area (Å²) in [6.45, 7) is 0.681. The third-order valence-electron chi connectivity index (χ3n) is 6.22. The van der Waals surface area contributed by atoms with Gasteiger partial charge in [0.25, 0.3) is 0 Å². The average molecular weight is 436 g/mol. The van der Waals surface area contributed by atoms with Gasteiger partial charge in [0.15, 0.2) is 4.77 Å². The first-order chi connectivity index (χ1) is 12.5. The summed E-state index contributed by atoms with van der Waals surface area (Å²) in [5.74, 6) is 0.104. The minimum atomic E-state index is -0.217. The molecule has 0 spiro atoms. The first-order valence-corrected chi connectivity index (χ1v) is 10.2. The van der Waals surface area contributed by atoms with E-state index in [0.717, 1.165) is 40.7 Å². The highest BCUT2D eigenvalue weighted by molar-refractivity contribution is 9.10. The Morgan fingerprint density at radius 3 is 3.00 bits per heavy atom. The number of hydrogen-bond acceptors (Lipinski definition) is 2. The number of aromatic amines is 1. The van der Waals surface area contributed by atoms with Crippen molar-refractivity contribution in [3.8, 4) is 0 Å². The van der Waals surface area contributed by atoms with Gasteiger partial charge in [-0.15, -0.1) is 0 Å². The number of hydrogen-bond donors (Lipinski definition) is 2. The van der Waals surface area contributed by atoms with Crippen molar-refractivity contribution < 1.29 is 9.18 Å². The molecule has 0 bridgehead atoms. The molecule has 2 heterocycles. The number of fused-ring (bicyclic) bond motifs is 3. The molecule has 1 aromatic heterocycles. The number of benzene rings is 1. The molecule has 26 heavy (non-hydrogen) atoms. The lowest BCUT2D eigenvalue weighted by molar-refractivity contribution is -0.121. The number of amides is 1. The van der Waals surface area contributed by atoms with Gasteiger partial charge in [0, 0.05) is 39.8 Å². The summed E-state index contributed by atoms with van der Waals surface area (Å²) in [5.41, 5.74) is 2.52. The summed E-state index contributed by atoms with van der Waals surface area (Å²) in [4.78, 5) is 15.6. The van der Waals surface area contributed by atoms with Gasteiger partial charge in [-0.2, -0.15) is 0 Å². The summed E-state index contributed by atoms with van der Waals surface area (Å²) in [6, 6.07) is 5.46. The smallest absolute Gasteiger partial charge is 0.226 e. The highest BCUT2D eigenvalue weighted by atomic mass is 79.9. The molecule has 7 heteroatoms. The number of H-pyrrole nitrogens is 1. The van der Waals surface area contributed by atoms with Gasteiger partial charge in [-0.05, 0) is 61.7 Å². The normalized spacial score (nSPS) is 26.2. The summed E-state index contributed by atoms with van der Waals surface area (Å²) >= 11 is 8.93. The SMILES string of the molecule is O=C(Cc1[nH]c(=S)n2c1C1C[C@]1(c1cc(Br)ccc1F)C2)NC1CCC1. The molecule has 2 aliphatic carbocycles. The lowest BCUT2D eigenvalue weighted by Gasteiger charge is -2.26. The van der Waals surface area contributed by atoms with E-state index >= 15 is 0 Å². The number of carbonyl (C=O) groups excluding carboxylic acids is 1. The van der Waals surface area contributed by atoms with Crippen LogP contribution in [0.2, 0.25) is 0 Å². The zero-order valence-corrected chi connectivity index (χ0v) is 16.6. The van der Waals surface area contributed by atoms with Crippen LogP contribution in [0.15, 0.2) is 22.7 Å². The van der Waals surface area contributed by atoms with Crippen molar-refractivity contribution in [3.63, 3.8) is 0 Å². The van der Waals surface area contributed by atoms with Gasteiger partial charge < -0.3 is 14.9 Å². The molecular formula is C19H19BrFN3OS. The lowest BCUT2D eigenvalue weighted by atomic mass is 9.92. The van der Waals surface area contributed by atoms with E-state index in [0.29, 0.717) is 23.8 Å². The second-order valence-electron chi connectivity index (χ2n) is 7.79. The predicted octanol–water partition coefficient (Wildman–Crippen LogP) is 4.10. The number of imidazole rings is 1. The number of nitrogens with one attached hydrogen (secondary N) is 2. The summed E-state index contributed by atoms with van der Waals surface area (Å²) in [7, 11) is 0. The van der Waals surface area contributed by atoms with E-state index in [1.165, 1.54) is 12.5 Å². The van der Waals surface area contributed by atoms with Gasteiger partial charge in [0.2, 0.25) is 5.91 Å². The van der Waals surface area contributed by atoms with Crippen LogP contribution in [-0.4, -0.2) is 21.5 Å². The monoisotopic (exact) mass is 435 g/mol. The van der Waals surface area contributed by atoms with Crippen LogP contribution in [0, 0.1) is 10.6 Å². The molecule has 136 valence electrons. The Hall–Kier alpha value is -1.47. The van der Waals surface area contributed by atoms with Crippen molar-refractivity contribution in [2.24, 2.45) is 0 Å². The van der Waals surface area contributed by atoms with Crippen LogP contribution in [0.1, 0.15) is 48.6 Å². The fourth-order valence-electron chi connectivity index (χ4n) is 4.60. The molecule has 2 saturated carbocycles. The first-order valence-electron chi connectivity index (χ1n) is 9.04. The summed E-state index contributed by atoms with van der Waals surface area (Å²) in [6.07, 6.45) is 4.56. The van der Waals surface area contributed by atoms with Crippen molar-refractivity contribution in [2.45, 2.75) is 56.0 Å². The van der Waals surface area contributed by atoms with E-state index in [1.807, 2.05) is 6.07 Å². The Bertz CT molecular complexity index is 980. The Morgan fingerprint density at radius 1 is 1.46 bits per heavy atom. The zero-order chi connectivity index (χ0) is 18.1. The van der Waals surface area contributed by atoms with Crippen LogP contribution < -0.4 is 5.32 Å². The van der Waals surface area contributed by atoms with Gasteiger partial charge in [0.1, 0.15) is 5.82 Å². The van der Waals surface area contributed by atoms with E-state index in [9.17, 15) is 9.18 Å². The number of halogens is 2. The molecule has 0 saturated heterocycles. The van der Waals surface area contributed by atoms with Gasteiger partial charge >= 0.3 is 0 Å². The van der Waals surface area contributed by atoms with Crippen LogP contribution in [0.5, 0.6) is 0 Å². The highest BCUT2D eigenvalue weighted by Crippen LogP contribution is 2.66. The average Bonchev–Trinajstić information content (AvgIpc) is 3.06. The van der Waals surface area contributed by atoms with Crippen LogP contribution in [0.3, 0.4) is 0 Å². The highest BCUT2D eigenvalue weighted by Gasteiger charge is 2.63. The Kier molecular flexibility index (Phi) is 3.70. The fourth-order valence-corrected chi connectivity index (χ4v) is 5.24. The maximum atomic E-state index is 14.5. The van der Waals surface area contributed by atoms with E-state index in [4.69, 9.17) is 12.2 Å². The standard InChI is InChI=1S/C19H19BrFN3OS/c20-10-4-5-14(21)12(6-10)19-8-13(19)17-15(23-18(26)24(17)9-19)7-16(25)22-11-2-1-3-11/h4-6,11,13H,1-3,7-9H2,(H,22,25)(H,23,26)/t13?,19-/m1/s1. The first kappa shape index (κ1) is 16.7. The second kappa shape index (κ2) is 5.76. The maximum Gasteiger partial charge on any atom is 0.226 e. The fraction of sp³-hybridized carbons (Fsp3) is 0.474. The third-order valence-corrected chi connectivity index (χ3v) is 7.04. The van der Waals surface area contributed by atoms with Gasteiger partial charge in [-0.25, -0.2) is 4.39 Å². The molecule has 5 rings (SSSR count). The molecule has 2 aromatic rings. The van der Waals surface area contributed by atoms with Gasteiger partial charge in [-0.1, -0.05) is 15.9 Å². The van der Waals surface area contributed by atoms with Crippen LogP contribution in [-0.2, 0) is 23.2 Å². The van der Waals surface area contributed by atoms with E-state index in [-0.39, 0.29) is 23.1 Å². The number of rotatable bonds is 4. The molecule has 0 radical (unpaired) electrons. The van der Waals surface area contributed by atoms with Gasteiger partial charge in [-0.3, -0.25) is 4.79 Å². The molecule has 3 aliphatic rings. The van der Waals surface area contributed by atoms with Crippen molar-refractivity contribution in [2.75, 3.05) is 0 Å². The van der Waals surface area contributed by atoms with Crippen molar-refractivity contribution in [3.05, 3.63) is 50.2 Å². The molecule has 4 nitrogen and oxygen atoms in total. The third kappa shape index (κ3) is 2.43. The van der Waals surface area contributed by atoms with Crippen molar-refractivity contribution in [1.29, 1.82) is 0 Å². The Labute approximate surface area is 164 Å². The second-order valence-corrected chi connectivity index (χ2v) is 9.09. The minimum Gasteiger partial charge on any atom is -0.353 e. The quantitative estimate of drug-likeness (QED) is 0.710. The number of nitrogens with zero attached hydrogens (tertiary/aromatic N) is 1. The molecule has 2 fully saturated rings. The van der Waals surface area contributed by atoms with Gasteiger partial charge in [0.05, 0.1) is 6.42 Å². The topological polar surface area (TPSA) is 49.8 Å². The minimum absolute atomic E-state index is 0.0427. The molecule has 2 atom stereocenters. The summed E-state index contributed by atoms with van der Waals surface area (Å²) < 4.78 is 18.1. The van der Waals surface area contributed by atoms with Crippen LogP contribution in [0.25, 0.3) is 0 Å². The number of aromatic nitrogens is 2. The Morgan fingerprint density at radius 2 is 2.27 bits per heavy atom. The Balaban J connectivity index is 1.44. The molecule has 1 aliphatic heterocycles. The molecule has 1 aromatic carbocycles. The van der Waals surface area contributed by atoms with E-state index in [1.54, 1.807) is 6.07 Å². The molecular weight excluding hydrogens is 417 g/mol. The number of carbonyl (C=O) groups is 1. The lowest BCUT2D eigenvalue weighted by Crippen LogP contribution is -2.40. The van der Waals surface area contributed by atoms with E-state index < -0.39 is 0 Å². The van der Waals surface area contributed by atoms with Crippen molar-refractivity contribution >= 4 is 34.1 Å². The molecule has 1 unspecified atom stereocenters.